The minimum absolute atomic E-state index is 0.0231. The number of rotatable bonds is 3. The zero-order valence-electron chi connectivity index (χ0n) is 14.2. The molecule has 0 aliphatic rings. The topological polar surface area (TPSA) is 122 Å². The number of fused-ring (bicyclic) bond motifs is 1. The van der Waals surface area contributed by atoms with Crippen LogP contribution in [0.2, 0.25) is 0 Å². The van der Waals surface area contributed by atoms with Crippen molar-refractivity contribution in [2.75, 3.05) is 5.32 Å². The van der Waals surface area contributed by atoms with E-state index in [2.05, 4.69) is 10.6 Å². The number of non-ortho nitro benzene ring substituents is 1. The number of nitrogens with zero attached hydrogens (tertiary/aromatic N) is 1. The summed E-state index contributed by atoms with van der Waals surface area (Å²) in [5, 5.41) is 27.0. The summed E-state index contributed by atoms with van der Waals surface area (Å²) in [7, 11) is 0. The maximum absolute atomic E-state index is 12.4. The van der Waals surface area contributed by atoms with Gasteiger partial charge < -0.3 is 10.4 Å². The van der Waals surface area contributed by atoms with E-state index >= 15 is 0 Å². The van der Waals surface area contributed by atoms with Gasteiger partial charge in [0.25, 0.3) is 11.6 Å². The molecule has 8 heteroatoms. The van der Waals surface area contributed by atoms with Crippen molar-refractivity contribution in [3.8, 4) is 5.75 Å². The van der Waals surface area contributed by atoms with Gasteiger partial charge in [0.05, 0.1) is 10.5 Å². The molecule has 27 heavy (non-hydrogen) atoms. The van der Waals surface area contributed by atoms with Gasteiger partial charge in [-0.25, -0.2) is 4.79 Å². The molecule has 0 unspecified atom stereocenters. The molecule has 3 N–H and O–H groups in total. The first-order valence-corrected chi connectivity index (χ1v) is 7.95. The summed E-state index contributed by atoms with van der Waals surface area (Å²) in [6, 6.07) is 13.1. The van der Waals surface area contributed by atoms with E-state index in [1.807, 2.05) is 18.2 Å². The van der Waals surface area contributed by atoms with Crippen LogP contribution in [0, 0.1) is 17.0 Å². The first-order valence-electron chi connectivity index (χ1n) is 7.95. The number of nitro benzene ring substituents is 1. The van der Waals surface area contributed by atoms with Crippen LogP contribution in [0.3, 0.4) is 0 Å². The number of aromatic hydroxyl groups is 1. The van der Waals surface area contributed by atoms with Crippen molar-refractivity contribution in [2.24, 2.45) is 0 Å². The first kappa shape index (κ1) is 17.9. The molecule has 0 fully saturated rings. The van der Waals surface area contributed by atoms with Gasteiger partial charge in [0, 0.05) is 17.8 Å². The molecular weight excluding hydrogens is 350 g/mol. The lowest BCUT2D eigenvalue weighted by atomic mass is 10.00. The molecule has 0 saturated heterocycles. The molecule has 0 saturated carbocycles. The predicted octanol–water partition coefficient (Wildman–Crippen LogP) is 3.72. The van der Waals surface area contributed by atoms with Crippen LogP contribution in [-0.2, 0) is 0 Å². The molecule has 0 atom stereocenters. The summed E-state index contributed by atoms with van der Waals surface area (Å²) in [6.45, 7) is 1.69. The van der Waals surface area contributed by atoms with Gasteiger partial charge in [0.15, 0.2) is 0 Å². The van der Waals surface area contributed by atoms with Gasteiger partial charge in [-0.2, -0.15) is 0 Å². The van der Waals surface area contributed by atoms with Crippen molar-refractivity contribution in [1.29, 1.82) is 0 Å². The van der Waals surface area contributed by atoms with Crippen molar-refractivity contribution in [3.63, 3.8) is 0 Å². The van der Waals surface area contributed by atoms with E-state index in [0.29, 0.717) is 5.56 Å². The van der Waals surface area contributed by atoms with E-state index in [1.54, 1.807) is 13.0 Å². The Morgan fingerprint density at radius 3 is 2.41 bits per heavy atom. The number of aryl methyl sites for hydroxylation is 1. The Hall–Kier alpha value is -3.94. The van der Waals surface area contributed by atoms with Crippen molar-refractivity contribution < 1.29 is 19.6 Å². The van der Waals surface area contributed by atoms with E-state index in [4.69, 9.17) is 0 Å². The SMILES string of the molecule is Cc1c(O)c(C(=O)NC(=O)Nc2ccc([N+](=O)[O-])cc2)cc2ccccc12. The summed E-state index contributed by atoms with van der Waals surface area (Å²) >= 11 is 0. The van der Waals surface area contributed by atoms with Gasteiger partial charge in [-0.05, 0) is 41.5 Å². The molecule has 3 rings (SSSR count). The molecule has 136 valence electrons. The van der Waals surface area contributed by atoms with Crippen LogP contribution in [0.5, 0.6) is 5.75 Å². The van der Waals surface area contributed by atoms with E-state index in [9.17, 15) is 24.8 Å². The highest BCUT2D eigenvalue weighted by molar-refractivity contribution is 6.11. The van der Waals surface area contributed by atoms with E-state index in [1.165, 1.54) is 30.3 Å². The van der Waals surface area contributed by atoms with Crippen LogP contribution < -0.4 is 10.6 Å². The summed E-state index contributed by atoms with van der Waals surface area (Å²) in [5.74, 6) is -0.963. The lowest BCUT2D eigenvalue weighted by Crippen LogP contribution is -2.34. The third kappa shape index (κ3) is 3.69. The molecule has 0 radical (unpaired) electrons. The fourth-order valence-electron chi connectivity index (χ4n) is 2.69. The average Bonchev–Trinajstić information content (AvgIpc) is 2.65. The molecule has 0 bridgehead atoms. The predicted molar refractivity (Wildman–Crippen MR) is 99.9 cm³/mol. The molecule has 3 aromatic carbocycles. The van der Waals surface area contributed by atoms with Gasteiger partial charge in [0.1, 0.15) is 5.75 Å². The molecule has 0 aromatic heterocycles. The number of anilines is 1. The second-order valence-corrected chi connectivity index (χ2v) is 5.83. The minimum Gasteiger partial charge on any atom is -0.507 e. The van der Waals surface area contributed by atoms with Gasteiger partial charge in [0.2, 0.25) is 0 Å². The van der Waals surface area contributed by atoms with Crippen LogP contribution in [0.1, 0.15) is 15.9 Å². The largest absolute Gasteiger partial charge is 0.507 e. The molecule has 0 aliphatic carbocycles. The number of phenolic OH excluding ortho intramolecular Hbond substituents is 1. The maximum atomic E-state index is 12.4. The smallest absolute Gasteiger partial charge is 0.326 e. The van der Waals surface area contributed by atoms with Crippen LogP contribution in [0.25, 0.3) is 10.8 Å². The summed E-state index contributed by atoms with van der Waals surface area (Å²) < 4.78 is 0. The number of nitrogens with one attached hydrogen (secondary N) is 2. The zero-order valence-corrected chi connectivity index (χ0v) is 14.2. The number of phenols is 1. The molecule has 3 amide bonds. The van der Waals surface area contributed by atoms with Gasteiger partial charge in [-0.1, -0.05) is 24.3 Å². The number of carbonyl (C=O) groups is 2. The maximum Gasteiger partial charge on any atom is 0.326 e. The van der Waals surface area contributed by atoms with Crippen molar-refractivity contribution in [1.82, 2.24) is 5.32 Å². The number of hydrogen-bond donors (Lipinski definition) is 3. The van der Waals surface area contributed by atoms with E-state index in [0.717, 1.165) is 10.8 Å². The normalized spacial score (nSPS) is 10.4. The number of urea groups is 1. The monoisotopic (exact) mass is 365 g/mol. The van der Waals surface area contributed by atoms with Gasteiger partial charge >= 0.3 is 6.03 Å². The quantitative estimate of drug-likeness (QED) is 0.482. The number of amides is 3. The molecular formula is C19H15N3O5. The third-order valence-corrected chi connectivity index (χ3v) is 4.08. The standard InChI is InChI=1S/C19H15N3O5/c1-11-15-5-3-2-4-12(15)10-16(17(11)23)18(24)21-19(25)20-13-6-8-14(9-7-13)22(26)27/h2-10,23H,1H3,(H2,20,21,24,25). The minimum atomic E-state index is -0.820. The Labute approximate surface area is 153 Å². The van der Waals surface area contributed by atoms with Gasteiger partial charge in [-0.3, -0.25) is 20.2 Å². The lowest BCUT2D eigenvalue weighted by Gasteiger charge is -2.11. The Balaban J connectivity index is 1.77. The molecule has 3 aromatic rings. The lowest BCUT2D eigenvalue weighted by molar-refractivity contribution is -0.384. The van der Waals surface area contributed by atoms with Gasteiger partial charge in [-0.15, -0.1) is 0 Å². The second-order valence-electron chi connectivity index (χ2n) is 5.83. The number of nitro groups is 1. The van der Waals surface area contributed by atoms with E-state index < -0.39 is 16.9 Å². The Bertz CT molecular complexity index is 1060. The van der Waals surface area contributed by atoms with E-state index in [-0.39, 0.29) is 22.7 Å². The third-order valence-electron chi connectivity index (χ3n) is 4.08. The molecule has 8 nitrogen and oxygen atoms in total. The second kappa shape index (κ2) is 7.12. The Morgan fingerprint density at radius 1 is 1.07 bits per heavy atom. The average molecular weight is 365 g/mol. The Morgan fingerprint density at radius 2 is 1.74 bits per heavy atom. The molecule has 0 aliphatic heterocycles. The van der Waals surface area contributed by atoms with Crippen LogP contribution >= 0.6 is 0 Å². The highest BCUT2D eigenvalue weighted by Gasteiger charge is 2.18. The summed E-state index contributed by atoms with van der Waals surface area (Å²) in [6.07, 6.45) is 0. The first-order chi connectivity index (χ1) is 12.9. The van der Waals surface area contributed by atoms with Crippen LogP contribution in [0.15, 0.2) is 54.6 Å². The highest BCUT2D eigenvalue weighted by Crippen LogP contribution is 2.30. The number of hydrogen-bond acceptors (Lipinski definition) is 5. The van der Waals surface area contributed by atoms with Crippen molar-refractivity contribution in [3.05, 3.63) is 75.8 Å². The van der Waals surface area contributed by atoms with Crippen molar-refractivity contribution >= 4 is 34.1 Å². The molecule has 0 heterocycles. The zero-order chi connectivity index (χ0) is 19.6. The van der Waals surface area contributed by atoms with Crippen LogP contribution in [0.4, 0.5) is 16.2 Å². The molecule has 0 spiro atoms. The van der Waals surface area contributed by atoms with Crippen molar-refractivity contribution in [2.45, 2.75) is 6.92 Å². The number of imide groups is 1. The fourth-order valence-corrected chi connectivity index (χ4v) is 2.69. The number of benzene rings is 3. The van der Waals surface area contributed by atoms with Crippen LogP contribution in [-0.4, -0.2) is 22.0 Å². The Kier molecular flexibility index (Phi) is 4.71. The fraction of sp³-hybridized carbons (Fsp3) is 0.0526. The summed E-state index contributed by atoms with van der Waals surface area (Å²) in [4.78, 5) is 34.5. The highest BCUT2D eigenvalue weighted by atomic mass is 16.6. The number of carbonyl (C=O) groups excluding carboxylic acids is 2. The summed E-state index contributed by atoms with van der Waals surface area (Å²) in [5.41, 5.74) is 0.678.